The summed E-state index contributed by atoms with van der Waals surface area (Å²) in [6.45, 7) is 2.45. The molecular weight excluding hydrogens is 288 g/mol. The van der Waals surface area contributed by atoms with Gasteiger partial charge in [0.2, 0.25) is 0 Å². The van der Waals surface area contributed by atoms with Crippen molar-refractivity contribution in [2.75, 3.05) is 52.7 Å². The van der Waals surface area contributed by atoms with E-state index < -0.39 is 16.3 Å². The second-order valence-corrected chi connectivity index (χ2v) is 6.44. The van der Waals surface area contributed by atoms with E-state index in [9.17, 15) is 8.42 Å². The Balaban J connectivity index is 1.94. The van der Waals surface area contributed by atoms with Gasteiger partial charge in [-0.05, 0) is 6.42 Å². The average Bonchev–Trinajstić information content (AvgIpc) is 2.47. The van der Waals surface area contributed by atoms with Crippen molar-refractivity contribution in [3.63, 3.8) is 0 Å². The molecule has 0 radical (unpaired) electrons. The summed E-state index contributed by atoms with van der Waals surface area (Å²) >= 11 is 0. The van der Waals surface area contributed by atoms with E-state index in [1.54, 1.807) is 0 Å². The second-order valence-electron chi connectivity index (χ2n) is 4.74. The quantitative estimate of drug-likeness (QED) is 0.608. The molecule has 2 N–H and O–H groups in total. The first-order valence-corrected chi connectivity index (χ1v) is 8.23. The Morgan fingerprint density at radius 3 is 2.70 bits per heavy atom. The number of aliphatic hydroxyl groups excluding tert-OH is 1. The van der Waals surface area contributed by atoms with Crippen LogP contribution in [0.3, 0.4) is 0 Å². The highest BCUT2D eigenvalue weighted by Gasteiger charge is 2.33. The van der Waals surface area contributed by atoms with Crippen molar-refractivity contribution < 1.29 is 27.7 Å². The predicted molar refractivity (Wildman–Crippen MR) is 70.5 cm³/mol. The predicted octanol–water partition coefficient (Wildman–Crippen LogP) is -1.68. The molecule has 0 unspecified atom stereocenters. The zero-order valence-corrected chi connectivity index (χ0v) is 12.2. The SMILES string of the molecule is O=S(=O)(N[C@@H]1COCC[C@@H]1OCCO)N1CCOCC1. The van der Waals surface area contributed by atoms with Gasteiger partial charge in [0.1, 0.15) is 0 Å². The number of morpholine rings is 1. The molecule has 0 spiro atoms. The molecule has 2 atom stereocenters. The van der Waals surface area contributed by atoms with E-state index in [0.29, 0.717) is 39.3 Å². The van der Waals surface area contributed by atoms with E-state index in [0.717, 1.165) is 0 Å². The molecule has 2 fully saturated rings. The van der Waals surface area contributed by atoms with Crippen molar-refractivity contribution in [3.8, 4) is 0 Å². The van der Waals surface area contributed by atoms with E-state index in [4.69, 9.17) is 19.3 Å². The van der Waals surface area contributed by atoms with E-state index in [2.05, 4.69) is 4.72 Å². The Morgan fingerprint density at radius 1 is 1.25 bits per heavy atom. The van der Waals surface area contributed by atoms with Gasteiger partial charge in [-0.2, -0.15) is 17.4 Å². The number of hydrogen-bond acceptors (Lipinski definition) is 6. The third-order valence-electron chi connectivity index (χ3n) is 3.33. The lowest BCUT2D eigenvalue weighted by Crippen LogP contribution is -2.56. The first kappa shape index (κ1) is 16.1. The van der Waals surface area contributed by atoms with Crippen LogP contribution in [0.15, 0.2) is 0 Å². The van der Waals surface area contributed by atoms with Crippen LogP contribution < -0.4 is 4.72 Å². The van der Waals surface area contributed by atoms with E-state index in [-0.39, 0.29) is 25.9 Å². The van der Waals surface area contributed by atoms with Crippen molar-refractivity contribution in [1.82, 2.24) is 9.03 Å². The minimum absolute atomic E-state index is 0.0830. The van der Waals surface area contributed by atoms with Gasteiger partial charge < -0.3 is 19.3 Å². The summed E-state index contributed by atoms with van der Waals surface area (Å²) in [5.74, 6) is 0. The zero-order valence-electron chi connectivity index (χ0n) is 11.4. The number of nitrogens with one attached hydrogen (secondary N) is 1. The van der Waals surface area contributed by atoms with Crippen LogP contribution in [-0.2, 0) is 24.4 Å². The molecule has 2 rings (SSSR count). The highest BCUT2D eigenvalue weighted by atomic mass is 32.2. The molecule has 2 aliphatic heterocycles. The van der Waals surface area contributed by atoms with Gasteiger partial charge in [-0.25, -0.2) is 0 Å². The molecular formula is C11H22N2O6S. The van der Waals surface area contributed by atoms with Crippen LogP contribution in [0, 0.1) is 0 Å². The average molecular weight is 310 g/mol. The Morgan fingerprint density at radius 2 is 2.00 bits per heavy atom. The minimum atomic E-state index is -3.56. The van der Waals surface area contributed by atoms with Crippen LogP contribution in [0.2, 0.25) is 0 Å². The van der Waals surface area contributed by atoms with Crippen LogP contribution >= 0.6 is 0 Å². The van der Waals surface area contributed by atoms with Gasteiger partial charge in [-0.3, -0.25) is 0 Å². The van der Waals surface area contributed by atoms with Crippen molar-refractivity contribution >= 4 is 10.2 Å². The Hall–Kier alpha value is -0.290. The summed E-state index contributed by atoms with van der Waals surface area (Å²) in [6.07, 6.45) is 0.336. The molecule has 0 aromatic carbocycles. The van der Waals surface area contributed by atoms with Crippen molar-refractivity contribution in [3.05, 3.63) is 0 Å². The number of rotatable bonds is 6. The van der Waals surface area contributed by atoms with Crippen LogP contribution in [0.1, 0.15) is 6.42 Å². The lowest BCUT2D eigenvalue weighted by molar-refractivity contribution is -0.0585. The molecule has 0 bridgehead atoms. The summed E-state index contributed by atoms with van der Waals surface area (Å²) < 4.78 is 44.5. The molecule has 20 heavy (non-hydrogen) atoms. The van der Waals surface area contributed by atoms with E-state index in [1.807, 2.05) is 0 Å². The fourth-order valence-electron chi connectivity index (χ4n) is 2.28. The summed E-state index contributed by atoms with van der Waals surface area (Å²) in [4.78, 5) is 0. The van der Waals surface area contributed by atoms with Gasteiger partial charge in [-0.15, -0.1) is 0 Å². The monoisotopic (exact) mass is 310 g/mol. The third-order valence-corrected chi connectivity index (χ3v) is 4.97. The summed E-state index contributed by atoms with van der Waals surface area (Å²) in [7, 11) is -3.56. The number of hydrogen-bond donors (Lipinski definition) is 2. The van der Waals surface area contributed by atoms with Gasteiger partial charge in [0, 0.05) is 19.7 Å². The molecule has 8 nitrogen and oxygen atoms in total. The van der Waals surface area contributed by atoms with Crippen LogP contribution in [0.5, 0.6) is 0 Å². The van der Waals surface area contributed by atoms with Crippen LogP contribution in [0.25, 0.3) is 0 Å². The fraction of sp³-hybridized carbons (Fsp3) is 1.00. The van der Waals surface area contributed by atoms with Gasteiger partial charge in [0.25, 0.3) is 10.2 Å². The van der Waals surface area contributed by atoms with Crippen molar-refractivity contribution in [1.29, 1.82) is 0 Å². The standard InChI is InChI=1S/C11H22N2O6S/c14-4-8-19-11-1-5-18-9-10(11)12-20(15,16)13-2-6-17-7-3-13/h10-12,14H,1-9H2/t10-,11+/m1/s1. The topological polar surface area (TPSA) is 97.3 Å². The molecule has 0 amide bonds. The van der Waals surface area contributed by atoms with Gasteiger partial charge in [0.05, 0.1) is 45.2 Å². The molecule has 2 aliphatic rings. The van der Waals surface area contributed by atoms with Gasteiger partial charge >= 0.3 is 0 Å². The molecule has 9 heteroatoms. The molecule has 118 valence electrons. The second kappa shape index (κ2) is 7.64. The smallest absolute Gasteiger partial charge is 0.280 e. The molecule has 0 aromatic rings. The summed E-state index contributed by atoms with van der Waals surface area (Å²) in [5.41, 5.74) is 0. The highest BCUT2D eigenvalue weighted by Crippen LogP contribution is 2.14. The first-order chi connectivity index (χ1) is 9.63. The molecule has 0 saturated carbocycles. The normalized spacial score (nSPS) is 29.4. The van der Waals surface area contributed by atoms with Crippen molar-refractivity contribution in [2.24, 2.45) is 0 Å². The lowest BCUT2D eigenvalue weighted by atomic mass is 10.1. The minimum Gasteiger partial charge on any atom is -0.394 e. The molecule has 2 saturated heterocycles. The maximum atomic E-state index is 12.3. The third kappa shape index (κ3) is 4.35. The molecule has 0 aliphatic carbocycles. The maximum absolute atomic E-state index is 12.3. The first-order valence-electron chi connectivity index (χ1n) is 6.79. The van der Waals surface area contributed by atoms with Gasteiger partial charge in [-0.1, -0.05) is 0 Å². The molecule has 2 heterocycles. The number of ether oxygens (including phenoxy) is 3. The van der Waals surface area contributed by atoms with Gasteiger partial charge in [0.15, 0.2) is 0 Å². The Bertz CT molecular complexity index is 384. The molecule has 0 aromatic heterocycles. The number of nitrogens with zero attached hydrogens (tertiary/aromatic N) is 1. The van der Waals surface area contributed by atoms with E-state index in [1.165, 1.54) is 4.31 Å². The highest BCUT2D eigenvalue weighted by molar-refractivity contribution is 7.87. The summed E-state index contributed by atoms with van der Waals surface area (Å²) in [6, 6.07) is -0.428. The van der Waals surface area contributed by atoms with Crippen LogP contribution in [-0.4, -0.2) is 82.7 Å². The number of aliphatic hydroxyl groups is 1. The zero-order chi connectivity index (χ0) is 14.4. The Labute approximate surface area is 119 Å². The Kier molecular flexibility index (Phi) is 6.15. The lowest BCUT2D eigenvalue weighted by Gasteiger charge is -2.34. The summed E-state index contributed by atoms with van der Waals surface area (Å²) in [5, 5.41) is 8.80. The maximum Gasteiger partial charge on any atom is 0.280 e. The largest absolute Gasteiger partial charge is 0.394 e. The van der Waals surface area contributed by atoms with Crippen LogP contribution in [0.4, 0.5) is 0 Å². The fourth-order valence-corrected chi connectivity index (χ4v) is 3.67. The van der Waals surface area contributed by atoms with Crippen molar-refractivity contribution in [2.45, 2.75) is 18.6 Å². The van der Waals surface area contributed by atoms with E-state index >= 15 is 0 Å².